The van der Waals surface area contributed by atoms with Gasteiger partial charge in [-0.15, -0.1) is 0 Å². The highest BCUT2D eigenvalue weighted by atomic mass is 79.9. The molecule has 0 radical (unpaired) electrons. The van der Waals surface area contributed by atoms with E-state index in [2.05, 4.69) is 74.4 Å². The minimum Gasteiger partial charge on any atom is -0.508 e. The van der Waals surface area contributed by atoms with Gasteiger partial charge in [-0.25, -0.2) is 9.59 Å². The number of carbonyl (C=O) groups excluding carboxylic acids is 7. The topological polar surface area (TPSA) is 362 Å². The van der Waals surface area contributed by atoms with Gasteiger partial charge in [0.1, 0.15) is 96.9 Å². The number of carboxylic acids is 1. The molecule has 750 valence electrons. The Morgan fingerprint density at radius 1 is 0.364 bits per heavy atom. The van der Waals surface area contributed by atoms with Gasteiger partial charge in [0.2, 0.25) is 0 Å². The minimum atomic E-state index is -0.717. The lowest BCUT2D eigenvalue weighted by Gasteiger charge is -2.36. The van der Waals surface area contributed by atoms with Crippen molar-refractivity contribution in [2.24, 2.45) is 29.6 Å². The maximum Gasteiger partial charge on any atom is 0.494 e. The van der Waals surface area contributed by atoms with Crippen molar-refractivity contribution in [3.63, 3.8) is 0 Å². The summed E-state index contributed by atoms with van der Waals surface area (Å²) < 4.78 is 75.4. The maximum atomic E-state index is 12.0. The Balaban J connectivity index is 0.000000168. The summed E-state index contributed by atoms with van der Waals surface area (Å²) in [5, 5.41) is 41.2. The van der Waals surface area contributed by atoms with Crippen LogP contribution >= 0.6 is 63.7 Å². The standard InChI is InChI=1S/C21H32BNO5.C18H17BrO3.C15H20BrNO3.C13H14O4.2C12H14O3.C11H11BrO3.C6H5BrO/c1-19(2,3)26-18(24)23-15-12-17(13-15)25-16-10-8-14(9-11-16)22-27-20(4,5)21(6,7)28-22;19-15-6-8-16(9-7-15)22-17-10-14(11-17)18(20)21-12-13-4-2-1-3-5-13;1-15(2,3)20-14(18)17-11-8-13(9-11)19-12-6-4-10(16)5-7-12;14-9-17-12-6-11(7-12)13(15)16-8-10-4-2-1-3-5-10;2*13-11-6-10(7-11)12(14)15-8-9-4-2-1-3-5-9;12-8-1-3-9(4-2-8)15-10-5-7(6-10)11(13)14;7-5-1-3-6(8)4-2-5/h8-11,15,17H,12-13H2,1-7H3,(H,23,24);1-9,14,17H,10-12H2;4-7,11,13H,8-9H2,1-3H3,(H,17,18);1-5,9,11-12H,6-8H2;2*1-5,10-11,13H,6-8H2;1-4,7,10H,5-6H2,(H,13,14);1-4,8H. The van der Waals surface area contributed by atoms with Crippen LogP contribution in [0.1, 0.15) is 181 Å². The molecule has 140 heavy (non-hydrogen) atoms. The first kappa shape index (κ1) is 111. The highest BCUT2D eigenvalue weighted by molar-refractivity contribution is 9.11. The van der Waals surface area contributed by atoms with E-state index in [4.69, 9.17) is 81.8 Å². The lowest BCUT2D eigenvalue weighted by molar-refractivity contribution is -0.162. The number of aromatic hydroxyl groups is 1. The number of alkyl carbamates (subject to hydrolysis) is 2. The average Bonchev–Trinajstić information content (AvgIpc) is 1.62. The average molecular weight is 2180 g/mol. The predicted molar refractivity (Wildman–Crippen MR) is 542 cm³/mol. The molecule has 1 saturated heterocycles. The van der Waals surface area contributed by atoms with E-state index >= 15 is 0 Å². The summed E-state index contributed by atoms with van der Waals surface area (Å²) in [6, 6.07) is 76.4. The van der Waals surface area contributed by atoms with Crippen LogP contribution < -0.4 is 35.0 Å². The second-order valence-electron chi connectivity index (χ2n) is 38.3. The van der Waals surface area contributed by atoms with E-state index in [1.165, 1.54) is 0 Å². The summed E-state index contributed by atoms with van der Waals surface area (Å²) in [5.74, 6) is 1.60. The summed E-state index contributed by atoms with van der Waals surface area (Å²) in [6.45, 7) is 21.0. The molecule has 0 bridgehead atoms. The molecule has 0 atom stereocenters. The number of carbonyl (C=O) groups is 8. The number of carboxylic acid groups (broad SMARTS) is 1. The first-order valence-electron chi connectivity index (χ1n) is 46.9. The van der Waals surface area contributed by atoms with Gasteiger partial charge < -0.3 is 92.5 Å². The number of benzene rings is 9. The molecule has 0 unspecified atom stereocenters. The zero-order chi connectivity index (χ0) is 101. The number of amides is 2. The molecule has 1 aliphatic heterocycles. The van der Waals surface area contributed by atoms with Crippen LogP contribution in [0.5, 0.6) is 28.7 Å². The van der Waals surface area contributed by atoms with Crippen molar-refractivity contribution < 1.29 is 120 Å². The monoisotopic (exact) mass is 2180 g/mol. The van der Waals surface area contributed by atoms with E-state index in [1.807, 2.05) is 288 Å². The summed E-state index contributed by atoms with van der Waals surface area (Å²) in [5.41, 5.74) is 3.30. The van der Waals surface area contributed by atoms with Crippen LogP contribution in [0.25, 0.3) is 0 Å². The molecule has 9 aromatic rings. The van der Waals surface area contributed by atoms with Crippen LogP contribution in [0, 0.1) is 29.6 Å². The van der Waals surface area contributed by atoms with Gasteiger partial charge >= 0.3 is 49.2 Å². The Hall–Kier alpha value is -10.8. The molecule has 7 saturated carbocycles. The van der Waals surface area contributed by atoms with E-state index in [0.29, 0.717) is 90.0 Å². The number of aliphatic hydroxyl groups is 2. The molecule has 8 aliphatic rings. The quantitative estimate of drug-likeness (QED) is 0.0127. The predicted octanol–water partition coefficient (Wildman–Crippen LogP) is 21.2. The second kappa shape index (κ2) is 54.4. The molecule has 17 rings (SSSR count). The van der Waals surface area contributed by atoms with Gasteiger partial charge in [0.15, 0.2) is 0 Å². The molecule has 0 spiro atoms. The van der Waals surface area contributed by atoms with Crippen LogP contribution in [0.3, 0.4) is 0 Å². The summed E-state index contributed by atoms with van der Waals surface area (Å²) in [7, 11) is -0.370. The van der Waals surface area contributed by atoms with Gasteiger partial charge in [0, 0.05) is 55.7 Å². The van der Waals surface area contributed by atoms with Crippen LogP contribution in [0.4, 0.5) is 9.59 Å². The van der Waals surface area contributed by atoms with Gasteiger partial charge in [-0.1, -0.05) is 197 Å². The van der Waals surface area contributed by atoms with E-state index in [1.54, 1.807) is 24.3 Å². The number of esters is 4. The minimum absolute atomic E-state index is 0.0378. The SMILES string of the molecule is CC(C)(C)OC(=O)NC1CC(Oc2ccc(B3OC(C)(C)C(C)(C)O3)cc2)C1.CC(C)(C)OC(=O)NC1CC(Oc2ccc(Br)cc2)C1.O=C(O)C1CC(Oc2ccc(Br)cc2)C1.O=C(OCc1ccccc1)C1CC(O)C1.O=C(OCc1ccccc1)C1CC(O)C1.O=C(OCc1ccccc1)C1CC(Oc2ccc(Br)cc2)C1.O=COC1CC(C(=O)OCc2ccccc2)C1.Oc1ccc(Br)cc1. The molecule has 32 heteroatoms. The van der Waals surface area contributed by atoms with Crippen molar-refractivity contribution in [3.05, 3.63) is 283 Å². The Bertz CT molecular complexity index is 5190. The first-order valence-corrected chi connectivity index (χ1v) is 50.1. The number of hydrogen-bond acceptors (Lipinski definition) is 24. The maximum absolute atomic E-state index is 12.0. The van der Waals surface area contributed by atoms with Crippen LogP contribution in [-0.4, -0.2) is 153 Å². The van der Waals surface area contributed by atoms with Gasteiger partial charge in [-0.3, -0.25) is 28.8 Å². The van der Waals surface area contributed by atoms with Crippen molar-refractivity contribution in [3.8, 4) is 28.7 Å². The fraction of sp³-hybridized carbons (Fsp3) is 0.426. The molecule has 2 amide bonds. The van der Waals surface area contributed by atoms with Crippen LogP contribution in [-0.2, 0) is 97.7 Å². The molecule has 27 nitrogen and oxygen atoms in total. The summed E-state index contributed by atoms with van der Waals surface area (Å²) in [6.07, 6.45) is 8.20. The molecule has 8 fully saturated rings. The number of ether oxygens (including phenoxy) is 11. The Kier molecular flexibility index (Phi) is 43.2. The molecule has 6 N–H and O–H groups in total. The number of phenols is 1. The van der Waals surface area contributed by atoms with Crippen molar-refractivity contribution in [1.29, 1.82) is 0 Å². The number of phenolic OH excluding ortho intramolecular Hbond substituents is 1. The number of hydrogen-bond donors (Lipinski definition) is 6. The van der Waals surface area contributed by atoms with Gasteiger partial charge in [0.05, 0.1) is 53.0 Å². The van der Waals surface area contributed by atoms with E-state index < -0.39 is 17.2 Å². The number of rotatable bonds is 26. The highest BCUT2D eigenvalue weighted by Gasteiger charge is 2.52. The zero-order valence-corrected chi connectivity index (χ0v) is 86.8. The number of aliphatic carboxylic acids is 1. The second-order valence-corrected chi connectivity index (χ2v) is 42.0. The fourth-order valence-corrected chi connectivity index (χ4v) is 15.6. The third-order valence-electron chi connectivity index (χ3n) is 23.9. The molecule has 0 aromatic heterocycles. The lowest BCUT2D eigenvalue weighted by Crippen LogP contribution is -2.50. The van der Waals surface area contributed by atoms with Crippen LogP contribution in [0.15, 0.2) is 261 Å². The summed E-state index contributed by atoms with van der Waals surface area (Å²) in [4.78, 5) is 90.3. The smallest absolute Gasteiger partial charge is 0.494 e. The van der Waals surface area contributed by atoms with Crippen molar-refractivity contribution in [2.75, 3.05) is 0 Å². The van der Waals surface area contributed by atoms with Gasteiger partial charge in [0.25, 0.3) is 6.47 Å². The fourth-order valence-electron chi connectivity index (χ4n) is 14.6. The number of aliphatic hydroxyl groups excluding tert-OH is 2. The van der Waals surface area contributed by atoms with E-state index in [0.717, 1.165) is 107 Å². The Labute approximate surface area is 853 Å². The third-order valence-corrected chi connectivity index (χ3v) is 26.0. The van der Waals surface area contributed by atoms with E-state index in [9.17, 15) is 38.4 Å². The highest BCUT2D eigenvalue weighted by Crippen LogP contribution is 2.40. The van der Waals surface area contributed by atoms with Gasteiger partial charge in [-0.05, 0) is 270 Å². The molecule has 1 heterocycles. The largest absolute Gasteiger partial charge is 0.508 e. The van der Waals surface area contributed by atoms with Crippen molar-refractivity contribution in [1.82, 2.24) is 10.6 Å². The number of halogens is 4. The molecule has 9 aromatic carbocycles. The van der Waals surface area contributed by atoms with E-state index in [-0.39, 0.29) is 139 Å². The van der Waals surface area contributed by atoms with Crippen molar-refractivity contribution in [2.45, 2.75) is 263 Å². The van der Waals surface area contributed by atoms with Gasteiger partial charge in [-0.2, -0.15) is 0 Å². The number of nitrogens with one attached hydrogen (secondary N) is 2. The third kappa shape index (κ3) is 39.2. The lowest BCUT2D eigenvalue weighted by atomic mass is 9.79. The zero-order valence-electron chi connectivity index (χ0n) is 80.4. The molecular formula is C108H127BBr4N2O25. The van der Waals surface area contributed by atoms with Crippen molar-refractivity contribution >= 4 is 125 Å². The first-order chi connectivity index (χ1) is 66.6. The van der Waals surface area contributed by atoms with Crippen LogP contribution in [0.2, 0.25) is 0 Å². The molecule has 7 aliphatic carbocycles. The normalized spacial score (nSPS) is 22.5. The Morgan fingerprint density at radius 3 is 0.871 bits per heavy atom. The Morgan fingerprint density at radius 2 is 0.614 bits per heavy atom. The summed E-state index contributed by atoms with van der Waals surface area (Å²) >= 11 is 13.3. The molecular weight excluding hydrogens is 2060 g/mol.